The second-order valence-electron chi connectivity index (χ2n) is 5.80. The van der Waals surface area contributed by atoms with E-state index in [0.29, 0.717) is 16.5 Å². The Kier molecular flexibility index (Phi) is 5.58. The van der Waals surface area contributed by atoms with Gasteiger partial charge in [-0.3, -0.25) is 4.79 Å². The molecule has 3 aromatic rings. The summed E-state index contributed by atoms with van der Waals surface area (Å²) in [5.41, 5.74) is 1.44. The smallest absolute Gasteiger partial charge is 0.226 e. The van der Waals surface area contributed by atoms with Gasteiger partial charge in [-0.1, -0.05) is 23.7 Å². The number of nitrogens with zero attached hydrogens (tertiary/aromatic N) is 1. The maximum atomic E-state index is 13.2. The van der Waals surface area contributed by atoms with Crippen LogP contribution in [-0.2, 0) is 4.79 Å². The first-order valence-electron chi connectivity index (χ1n) is 8.08. The second-order valence-corrected chi connectivity index (χ2v) is 6.21. The van der Waals surface area contributed by atoms with Crippen LogP contribution in [0.3, 0.4) is 0 Å². The second kappa shape index (κ2) is 8.06. The molecule has 1 atom stereocenters. The van der Waals surface area contributed by atoms with E-state index < -0.39 is 0 Å². The minimum absolute atomic E-state index is 0.172. The van der Waals surface area contributed by atoms with Crippen molar-refractivity contribution in [2.24, 2.45) is 0 Å². The van der Waals surface area contributed by atoms with Crippen LogP contribution in [0.4, 0.5) is 10.1 Å². The quantitative estimate of drug-likeness (QED) is 0.668. The topological polar surface area (TPSA) is 43.3 Å². The molecule has 0 spiro atoms. The van der Waals surface area contributed by atoms with Gasteiger partial charge in [0.15, 0.2) is 0 Å². The van der Waals surface area contributed by atoms with E-state index in [2.05, 4.69) is 5.32 Å². The molecule has 1 aromatic heterocycles. The number of amides is 1. The highest BCUT2D eigenvalue weighted by Gasteiger charge is 2.18. The Hall–Kier alpha value is -2.79. The Morgan fingerprint density at radius 1 is 1.19 bits per heavy atom. The van der Waals surface area contributed by atoms with E-state index in [1.54, 1.807) is 30.3 Å². The van der Waals surface area contributed by atoms with Gasteiger partial charge in [-0.25, -0.2) is 4.39 Å². The zero-order valence-corrected chi connectivity index (χ0v) is 14.9. The molecule has 134 valence electrons. The Morgan fingerprint density at radius 2 is 1.88 bits per heavy atom. The van der Waals surface area contributed by atoms with Crippen molar-refractivity contribution in [2.45, 2.75) is 12.5 Å². The largest absolute Gasteiger partial charge is 0.495 e. The molecule has 0 aliphatic heterocycles. The predicted molar refractivity (Wildman–Crippen MR) is 100 cm³/mol. The molecule has 4 nitrogen and oxygen atoms in total. The van der Waals surface area contributed by atoms with Crippen LogP contribution in [-0.4, -0.2) is 17.6 Å². The van der Waals surface area contributed by atoms with Crippen LogP contribution < -0.4 is 10.1 Å². The van der Waals surface area contributed by atoms with E-state index in [-0.39, 0.29) is 24.2 Å². The summed E-state index contributed by atoms with van der Waals surface area (Å²) >= 11 is 6.09. The predicted octanol–water partition coefficient (Wildman–Crippen LogP) is 4.91. The highest BCUT2D eigenvalue weighted by atomic mass is 35.5. The summed E-state index contributed by atoms with van der Waals surface area (Å²) in [6, 6.07) is 14.8. The van der Waals surface area contributed by atoms with Gasteiger partial charge in [0, 0.05) is 18.1 Å². The molecule has 1 heterocycles. The average Bonchev–Trinajstić information content (AvgIpc) is 3.15. The Balaban J connectivity index is 1.77. The number of halogens is 2. The number of ether oxygens (including phenoxy) is 1. The molecule has 1 amide bonds. The molecule has 0 aliphatic carbocycles. The first-order chi connectivity index (χ1) is 12.6. The maximum Gasteiger partial charge on any atom is 0.226 e. The lowest BCUT2D eigenvalue weighted by atomic mass is 10.0. The van der Waals surface area contributed by atoms with Crippen molar-refractivity contribution in [1.29, 1.82) is 0 Å². The Bertz CT molecular complexity index is 879. The van der Waals surface area contributed by atoms with Crippen molar-refractivity contribution in [3.05, 3.63) is 83.4 Å². The highest BCUT2D eigenvalue weighted by molar-refractivity contribution is 6.32. The summed E-state index contributed by atoms with van der Waals surface area (Å²) in [4.78, 5) is 12.6. The number of methoxy groups -OCH3 is 1. The summed E-state index contributed by atoms with van der Waals surface area (Å²) in [7, 11) is 1.53. The van der Waals surface area contributed by atoms with Gasteiger partial charge in [-0.2, -0.15) is 0 Å². The third kappa shape index (κ3) is 4.24. The summed E-state index contributed by atoms with van der Waals surface area (Å²) in [6.45, 7) is 0. The summed E-state index contributed by atoms with van der Waals surface area (Å²) in [5, 5.41) is 3.26. The standard InChI is InChI=1S/C20H18ClFN2O2/c1-26-19-9-8-16(12-17(19)21)23-20(25)13-18(24-10-2-3-11-24)14-4-6-15(22)7-5-14/h2-12,18H,13H2,1H3,(H,23,25)/t18-/m1/s1. The highest BCUT2D eigenvalue weighted by Crippen LogP contribution is 2.28. The molecule has 0 bridgehead atoms. The summed E-state index contributed by atoms with van der Waals surface area (Å²) < 4.78 is 20.3. The molecule has 3 rings (SSSR count). The van der Waals surface area contributed by atoms with Gasteiger partial charge in [0.1, 0.15) is 11.6 Å². The van der Waals surface area contributed by atoms with Crippen molar-refractivity contribution < 1.29 is 13.9 Å². The molecule has 0 saturated carbocycles. The van der Waals surface area contributed by atoms with E-state index in [9.17, 15) is 9.18 Å². The molecule has 26 heavy (non-hydrogen) atoms. The lowest BCUT2D eigenvalue weighted by Gasteiger charge is -2.19. The van der Waals surface area contributed by atoms with E-state index in [1.165, 1.54) is 19.2 Å². The van der Waals surface area contributed by atoms with Crippen molar-refractivity contribution in [3.63, 3.8) is 0 Å². The van der Waals surface area contributed by atoms with E-state index in [4.69, 9.17) is 16.3 Å². The Morgan fingerprint density at radius 3 is 2.50 bits per heavy atom. The van der Waals surface area contributed by atoms with Crippen LogP contribution in [0.25, 0.3) is 0 Å². The van der Waals surface area contributed by atoms with Crippen LogP contribution in [0.2, 0.25) is 5.02 Å². The molecular weight excluding hydrogens is 355 g/mol. The number of nitrogens with one attached hydrogen (secondary N) is 1. The van der Waals surface area contributed by atoms with Gasteiger partial charge >= 0.3 is 0 Å². The van der Waals surface area contributed by atoms with E-state index >= 15 is 0 Å². The maximum absolute atomic E-state index is 13.2. The fourth-order valence-corrected chi connectivity index (χ4v) is 3.03. The van der Waals surface area contributed by atoms with Gasteiger partial charge in [0.25, 0.3) is 0 Å². The van der Waals surface area contributed by atoms with E-state index in [0.717, 1.165) is 5.56 Å². The van der Waals surface area contributed by atoms with Crippen LogP contribution in [0.5, 0.6) is 5.75 Å². The van der Waals surface area contributed by atoms with Crippen molar-refractivity contribution in [2.75, 3.05) is 12.4 Å². The zero-order valence-electron chi connectivity index (χ0n) is 14.2. The minimum atomic E-state index is -0.308. The lowest BCUT2D eigenvalue weighted by Crippen LogP contribution is -2.19. The number of hydrogen-bond acceptors (Lipinski definition) is 2. The Labute approximate surface area is 156 Å². The number of carbonyl (C=O) groups excluding carboxylic acids is 1. The number of aromatic nitrogens is 1. The van der Waals surface area contributed by atoms with Crippen molar-refractivity contribution in [1.82, 2.24) is 4.57 Å². The first-order valence-corrected chi connectivity index (χ1v) is 8.46. The van der Waals surface area contributed by atoms with Gasteiger partial charge in [-0.15, -0.1) is 0 Å². The lowest BCUT2D eigenvalue weighted by molar-refractivity contribution is -0.116. The van der Waals surface area contributed by atoms with Crippen LogP contribution in [0, 0.1) is 5.82 Å². The van der Waals surface area contributed by atoms with E-state index in [1.807, 2.05) is 29.1 Å². The first kappa shape index (κ1) is 18.0. The molecule has 0 radical (unpaired) electrons. The number of hydrogen-bond donors (Lipinski definition) is 1. The number of benzene rings is 2. The summed E-state index contributed by atoms with van der Waals surface area (Å²) in [5.74, 6) is 0.0628. The molecule has 0 fully saturated rings. The fourth-order valence-electron chi connectivity index (χ4n) is 2.77. The number of carbonyl (C=O) groups is 1. The van der Waals surface area contributed by atoms with Crippen molar-refractivity contribution >= 4 is 23.2 Å². The molecule has 6 heteroatoms. The normalized spacial score (nSPS) is 11.8. The molecule has 0 unspecified atom stereocenters. The summed E-state index contributed by atoms with van der Waals surface area (Å²) in [6.07, 6.45) is 3.96. The monoisotopic (exact) mass is 372 g/mol. The molecule has 0 aliphatic rings. The number of anilines is 1. The fraction of sp³-hybridized carbons (Fsp3) is 0.150. The minimum Gasteiger partial charge on any atom is -0.495 e. The third-order valence-corrected chi connectivity index (χ3v) is 4.35. The van der Waals surface area contributed by atoms with Crippen LogP contribution >= 0.6 is 11.6 Å². The molecular formula is C20H18ClFN2O2. The van der Waals surface area contributed by atoms with Crippen LogP contribution in [0.1, 0.15) is 18.0 Å². The molecule has 1 N–H and O–H groups in total. The third-order valence-electron chi connectivity index (χ3n) is 4.06. The SMILES string of the molecule is COc1ccc(NC(=O)C[C@H](c2ccc(F)cc2)n2cccc2)cc1Cl. The van der Waals surface area contributed by atoms with Gasteiger partial charge in [-0.05, 0) is 48.0 Å². The van der Waals surface area contributed by atoms with Crippen LogP contribution in [0.15, 0.2) is 67.0 Å². The van der Waals surface area contributed by atoms with Gasteiger partial charge in [0.05, 0.1) is 24.6 Å². The van der Waals surface area contributed by atoms with Crippen molar-refractivity contribution in [3.8, 4) is 5.75 Å². The molecule has 0 saturated heterocycles. The molecule has 2 aromatic carbocycles. The van der Waals surface area contributed by atoms with Gasteiger partial charge in [0.2, 0.25) is 5.91 Å². The van der Waals surface area contributed by atoms with Gasteiger partial charge < -0.3 is 14.6 Å². The zero-order chi connectivity index (χ0) is 18.5. The average molecular weight is 373 g/mol. The number of rotatable bonds is 6.